The molecule has 0 bridgehead atoms. The molecule has 19 heavy (non-hydrogen) atoms. The summed E-state index contributed by atoms with van der Waals surface area (Å²) in [4.78, 5) is 6.49. The molecule has 0 saturated carbocycles. The smallest absolute Gasteiger partial charge is 0.190 e. The normalized spacial score (nSPS) is 12.8. The zero-order chi connectivity index (χ0) is 14.0. The summed E-state index contributed by atoms with van der Waals surface area (Å²) in [5.74, 6) is 1.37. The van der Waals surface area contributed by atoms with Crippen molar-refractivity contribution in [2.45, 2.75) is 19.9 Å². The van der Waals surface area contributed by atoms with Crippen LogP contribution in [-0.4, -0.2) is 50.6 Å². The maximum absolute atomic E-state index is 4.12. The molecule has 0 aliphatic heterocycles. The van der Waals surface area contributed by atoms with E-state index >= 15 is 0 Å². The molecule has 0 saturated heterocycles. The summed E-state index contributed by atoms with van der Waals surface area (Å²) in [6.07, 6.45) is 3.87. The molecule has 0 heterocycles. The fourth-order valence-electron chi connectivity index (χ4n) is 1.94. The fourth-order valence-corrected chi connectivity index (χ4v) is 1.94. The summed E-state index contributed by atoms with van der Waals surface area (Å²) in [6, 6.07) is 0.422. The first kappa shape index (κ1) is 20.8. The van der Waals surface area contributed by atoms with Crippen molar-refractivity contribution in [2.75, 3.05) is 33.7 Å². The Bertz CT molecular complexity index is 267. The van der Waals surface area contributed by atoms with E-state index in [1.165, 1.54) is 0 Å². The molecule has 0 aromatic rings. The first-order valence-electron chi connectivity index (χ1n) is 6.44. The van der Waals surface area contributed by atoms with Gasteiger partial charge in [0.1, 0.15) is 0 Å². The quantitative estimate of drug-likeness (QED) is 0.293. The fraction of sp³-hybridized carbons (Fsp3) is 0.643. The average Bonchev–Trinajstić information content (AvgIpc) is 2.34. The highest BCUT2D eigenvalue weighted by Crippen LogP contribution is 2.10. The van der Waals surface area contributed by atoms with Crippen LogP contribution in [0.1, 0.15) is 13.8 Å². The number of aliphatic imine (C=N–C) groups is 1. The van der Waals surface area contributed by atoms with Crippen molar-refractivity contribution in [3.8, 4) is 0 Å². The molecular formula is C14H29IN4. The maximum Gasteiger partial charge on any atom is 0.190 e. The SMILES string of the molecule is C=CCN(CC=C)C(CNC(=NC)NC)C(C)C.I. The number of nitrogens with one attached hydrogen (secondary N) is 2. The topological polar surface area (TPSA) is 39.7 Å². The molecule has 0 amide bonds. The van der Waals surface area contributed by atoms with Gasteiger partial charge in [-0.2, -0.15) is 0 Å². The molecule has 0 aromatic carbocycles. The highest BCUT2D eigenvalue weighted by Gasteiger charge is 2.20. The van der Waals surface area contributed by atoms with Gasteiger partial charge in [0.05, 0.1) is 0 Å². The van der Waals surface area contributed by atoms with Crippen LogP contribution in [0.25, 0.3) is 0 Å². The Morgan fingerprint density at radius 1 is 1.26 bits per heavy atom. The van der Waals surface area contributed by atoms with E-state index in [2.05, 4.69) is 47.5 Å². The molecule has 0 spiro atoms. The van der Waals surface area contributed by atoms with Crippen molar-refractivity contribution in [1.82, 2.24) is 15.5 Å². The standard InChI is InChI=1S/C14H28N4.HI/c1-7-9-18(10-8-2)13(12(3)4)11-17-14(15-5)16-6;/h7-8,12-13H,1-2,9-11H2,3-6H3,(H2,15,16,17);1H. The van der Waals surface area contributed by atoms with Gasteiger partial charge in [-0.05, 0) is 5.92 Å². The van der Waals surface area contributed by atoms with Crippen molar-refractivity contribution < 1.29 is 0 Å². The highest BCUT2D eigenvalue weighted by molar-refractivity contribution is 14.0. The lowest BCUT2D eigenvalue weighted by Crippen LogP contribution is -2.49. The van der Waals surface area contributed by atoms with E-state index in [1.54, 1.807) is 7.05 Å². The molecule has 2 N–H and O–H groups in total. The van der Waals surface area contributed by atoms with Gasteiger partial charge >= 0.3 is 0 Å². The summed E-state index contributed by atoms with van der Waals surface area (Å²) in [5.41, 5.74) is 0. The Morgan fingerprint density at radius 3 is 2.11 bits per heavy atom. The minimum absolute atomic E-state index is 0. The number of guanidine groups is 1. The van der Waals surface area contributed by atoms with E-state index in [1.807, 2.05) is 19.2 Å². The van der Waals surface area contributed by atoms with Crippen LogP contribution in [0.15, 0.2) is 30.3 Å². The van der Waals surface area contributed by atoms with Crippen LogP contribution >= 0.6 is 24.0 Å². The lowest BCUT2D eigenvalue weighted by atomic mass is 10.0. The molecule has 1 atom stereocenters. The van der Waals surface area contributed by atoms with E-state index in [4.69, 9.17) is 0 Å². The first-order valence-corrected chi connectivity index (χ1v) is 6.44. The summed E-state index contributed by atoms with van der Waals surface area (Å²) in [6.45, 7) is 14.7. The summed E-state index contributed by atoms with van der Waals surface area (Å²) < 4.78 is 0. The molecule has 0 radical (unpaired) electrons. The summed E-state index contributed by atoms with van der Waals surface area (Å²) >= 11 is 0. The van der Waals surface area contributed by atoms with Crippen LogP contribution in [0, 0.1) is 5.92 Å². The second-order valence-electron chi connectivity index (χ2n) is 4.55. The molecule has 1 unspecified atom stereocenters. The number of hydrogen-bond acceptors (Lipinski definition) is 2. The Balaban J connectivity index is 0. The third-order valence-electron chi connectivity index (χ3n) is 2.90. The Kier molecular flexibility index (Phi) is 13.6. The van der Waals surface area contributed by atoms with Crippen molar-refractivity contribution in [1.29, 1.82) is 0 Å². The molecule has 0 fully saturated rings. The van der Waals surface area contributed by atoms with Crippen molar-refractivity contribution in [3.05, 3.63) is 25.3 Å². The largest absolute Gasteiger partial charge is 0.359 e. The average molecular weight is 380 g/mol. The number of nitrogens with zero attached hydrogens (tertiary/aromatic N) is 2. The third kappa shape index (κ3) is 8.26. The molecule has 0 rings (SSSR count). The minimum Gasteiger partial charge on any atom is -0.359 e. The predicted molar refractivity (Wildman–Crippen MR) is 96.4 cm³/mol. The van der Waals surface area contributed by atoms with Gasteiger partial charge in [-0.1, -0.05) is 26.0 Å². The Hall–Kier alpha value is -0.560. The lowest BCUT2D eigenvalue weighted by Gasteiger charge is -2.33. The van der Waals surface area contributed by atoms with Gasteiger partial charge in [-0.15, -0.1) is 37.1 Å². The molecular weight excluding hydrogens is 351 g/mol. The van der Waals surface area contributed by atoms with Crippen molar-refractivity contribution in [3.63, 3.8) is 0 Å². The van der Waals surface area contributed by atoms with E-state index in [9.17, 15) is 0 Å². The zero-order valence-electron chi connectivity index (χ0n) is 12.6. The van der Waals surface area contributed by atoms with Crippen LogP contribution in [0.5, 0.6) is 0 Å². The summed E-state index contributed by atoms with van der Waals surface area (Å²) in [5, 5.41) is 6.36. The lowest BCUT2D eigenvalue weighted by molar-refractivity contribution is 0.190. The van der Waals surface area contributed by atoms with Crippen LogP contribution in [0.4, 0.5) is 0 Å². The monoisotopic (exact) mass is 380 g/mol. The second kappa shape index (κ2) is 12.5. The maximum atomic E-state index is 4.12. The molecule has 0 aliphatic rings. The van der Waals surface area contributed by atoms with E-state index in [0.717, 1.165) is 25.6 Å². The summed E-state index contributed by atoms with van der Waals surface area (Å²) in [7, 11) is 3.64. The molecule has 0 aliphatic carbocycles. The first-order chi connectivity index (χ1) is 8.60. The van der Waals surface area contributed by atoms with Gasteiger partial charge < -0.3 is 10.6 Å². The Labute approximate surface area is 135 Å². The van der Waals surface area contributed by atoms with Gasteiger partial charge in [0.2, 0.25) is 0 Å². The van der Waals surface area contributed by atoms with Crippen molar-refractivity contribution in [2.24, 2.45) is 10.9 Å². The van der Waals surface area contributed by atoms with Crippen LogP contribution in [-0.2, 0) is 0 Å². The number of rotatable bonds is 8. The van der Waals surface area contributed by atoms with Gasteiger partial charge in [0.15, 0.2) is 5.96 Å². The van der Waals surface area contributed by atoms with Crippen LogP contribution in [0.3, 0.4) is 0 Å². The second-order valence-corrected chi connectivity index (χ2v) is 4.55. The molecule has 112 valence electrons. The van der Waals surface area contributed by atoms with Crippen LogP contribution in [0.2, 0.25) is 0 Å². The van der Waals surface area contributed by atoms with Crippen molar-refractivity contribution >= 4 is 29.9 Å². The van der Waals surface area contributed by atoms with E-state index in [0.29, 0.717) is 12.0 Å². The van der Waals surface area contributed by atoms with Gasteiger partial charge in [0.25, 0.3) is 0 Å². The number of halogens is 1. The molecule has 5 heteroatoms. The van der Waals surface area contributed by atoms with Gasteiger partial charge in [0, 0.05) is 39.8 Å². The number of hydrogen-bond donors (Lipinski definition) is 2. The minimum atomic E-state index is 0. The predicted octanol–water partition coefficient (Wildman–Crippen LogP) is 2.10. The highest BCUT2D eigenvalue weighted by atomic mass is 127. The van der Waals surface area contributed by atoms with Crippen LogP contribution < -0.4 is 10.6 Å². The van der Waals surface area contributed by atoms with Gasteiger partial charge in [-0.3, -0.25) is 9.89 Å². The van der Waals surface area contributed by atoms with E-state index < -0.39 is 0 Å². The Morgan fingerprint density at radius 2 is 1.79 bits per heavy atom. The van der Waals surface area contributed by atoms with Gasteiger partial charge in [-0.25, -0.2) is 0 Å². The zero-order valence-corrected chi connectivity index (χ0v) is 15.0. The third-order valence-corrected chi connectivity index (χ3v) is 2.90. The molecule has 4 nitrogen and oxygen atoms in total. The van der Waals surface area contributed by atoms with E-state index in [-0.39, 0.29) is 24.0 Å². The molecule has 0 aromatic heterocycles.